The second kappa shape index (κ2) is 12.0. The van der Waals surface area contributed by atoms with Gasteiger partial charge in [-0.05, 0) is 12.5 Å². The smallest absolute Gasteiger partial charge is 0.475 e. The van der Waals surface area contributed by atoms with Gasteiger partial charge in [0.1, 0.15) is 19.4 Å². The fourth-order valence-corrected chi connectivity index (χ4v) is 2.33. The number of fused-ring (bicyclic) bond motifs is 1. The van der Waals surface area contributed by atoms with Crippen LogP contribution in [-0.2, 0) is 25.8 Å². The van der Waals surface area contributed by atoms with E-state index in [1.165, 1.54) is 6.33 Å². The summed E-state index contributed by atoms with van der Waals surface area (Å²) in [5.74, 6) is -2.90. The van der Waals surface area contributed by atoms with Gasteiger partial charge >= 0.3 is 18.1 Å². The number of H-pyrrole nitrogens is 1. The lowest BCUT2D eigenvalue weighted by Gasteiger charge is -2.19. The second-order valence-electron chi connectivity index (χ2n) is 6.62. The van der Waals surface area contributed by atoms with Crippen LogP contribution < -0.4 is 16.6 Å². The number of aromatic amines is 1. The molecule has 0 saturated heterocycles. The monoisotopic (exact) mass is 466 g/mol. The number of carbonyl (C=O) groups excluding carboxylic acids is 1. The van der Waals surface area contributed by atoms with E-state index in [0.29, 0.717) is 12.2 Å². The number of rotatable bonds is 9. The summed E-state index contributed by atoms with van der Waals surface area (Å²) in [6.45, 7) is 7.00. The number of ether oxygens (including phenoxy) is 2. The van der Waals surface area contributed by atoms with Gasteiger partial charge in [-0.3, -0.25) is 19.1 Å². The summed E-state index contributed by atoms with van der Waals surface area (Å²) < 4.78 is 44.0. The van der Waals surface area contributed by atoms with Gasteiger partial charge in [0, 0.05) is 0 Å². The molecule has 2 aromatic rings. The van der Waals surface area contributed by atoms with E-state index in [0.717, 1.165) is 0 Å². The molecule has 0 radical (unpaired) electrons. The van der Waals surface area contributed by atoms with E-state index in [4.69, 9.17) is 25.1 Å². The van der Waals surface area contributed by atoms with E-state index in [9.17, 15) is 22.8 Å². The number of aliphatic carboxylic acids is 1. The van der Waals surface area contributed by atoms with Crippen LogP contribution in [0.5, 0.6) is 0 Å². The number of carboxylic acids is 1. The molecule has 1 atom stereocenters. The molecule has 0 fully saturated rings. The zero-order valence-electron chi connectivity index (χ0n) is 17.6. The van der Waals surface area contributed by atoms with Gasteiger partial charge < -0.3 is 25.6 Å². The van der Waals surface area contributed by atoms with E-state index in [-0.39, 0.29) is 49.3 Å². The Labute approximate surface area is 179 Å². The number of aromatic nitrogens is 4. The minimum absolute atomic E-state index is 0.0105. The average Bonchev–Trinajstić information content (AvgIpc) is 3.08. The molecule has 0 aromatic carbocycles. The number of carbonyl (C=O) groups is 2. The van der Waals surface area contributed by atoms with Crippen molar-refractivity contribution in [1.29, 1.82) is 0 Å². The Hall–Kier alpha value is -3.20. The fourth-order valence-electron chi connectivity index (χ4n) is 2.33. The molecule has 0 aliphatic heterocycles. The number of nitrogens with zero attached hydrogens (tertiary/aromatic N) is 3. The number of hydrogen-bond donors (Lipinski definition) is 4. The molecule has 2 rings (SSSR count). The molecular formula is C17H25F3N6O6. The molecule has 15 heteroatoms. The highest BCUT2D eigenvalue weighted by molar-refractivity contribution is 5.76. The Kier molecular flexibility index (Phi) is 10.1. The van der Waals surface area contributed by atoms with Crippen molar-refractivity contribution < 1.29 is 37.3 Å². The first-order valence-corrected chi connectivity index (χ1v) is 9.36. The summed E-state index contributed by atoms with van der Waals surface area (Å²) in [7, 11) is 0. The summed E-state index contributed by atoms with van der Waals surface area (Å²) in [6, 6.07) is -0.332. The first-order chi connectivity index (χ1) is 14.9. The zero-order chi connectivity index (χ0) is 24.5. The zero-order valence-corrected chi connectivity index (χ0v) is 17.6. The van der Waals surface area contributed by atoms with Crippen LogP contribution >= 0.6 is 0 Å². The first-order valence-electron chi connectivity index (χ1n) is 9.36. The van der Waals surface area contributed by atoms with Crippen LogP contribution in [0.25, 0.3) is 11.2 Å². The molecule has 0 aliphatic carbocycles. The van der Waals surface area contributed by atoms with Crippen LogP contribution in [0.1, 0.15) is 20.8 Å². The molecule has 0 aliphatic rings. The van der Waals surface area contributed by atoms with Crippen molar-refractivity contribution in [2.45, 2.75) is 39.7 Å². The maximum atomic E-state index is 12.0. The Bertz CT molecular complexity index is 958. The molecule has 0 bridgehead atoms. The van der Waals surface area contributed by atoms with Gasteiger partial charge in [-0.15, -0.1) is 0 Å². The van der Waals surface area contributed by atoms with Gasteiger partial charge in [0.05, 0.1) is 12.9 Å². The molecule has 5 N–H and O–H groups in total. The highest BCUT2D eigenvalue weighted by Crippen LogP contribution is 2.13. The van der Waals surface area contributed by atoms with E-state index < -0.39 is 17.7 Å². The Morgan fingerprint density at radius 3 is 2.50 bits per heavy atom. The molecule has 2 aromatic heterocycles. The SMILES string of the molecule is CCN[C@H](C(=O)OCCOCn1cnc2c(=O)[nH]c(N)nc21)C(C)C.O=C(O)C(F)(F)F. The predicted molar refractivity (Wildman–Crippen MR) is 105 cm³/mol. The molecule has 12 nitrogen and oxygen atoms in total. The van der Waals surface area contributed by atoms with Crippen LogP contribution in [0, 0.1) is 5.92 Å². The van der Waals surface area contributed by atoms with Crippen molar-refractivity contribution in [2.24, 2.45) is 5.92 Å². The average molecular weight is 466 g/mol. The van der Waals surface area contributed by atoms with Gasteiger partial charge in [0.25, 0.3) is 5.56 Å². The maximum Gasteiger partial charge on any atom is 0.490 e. The molecular weight excluding hydrogens is 441 g/mol. The second-order valence-corrected chi connectivity index (χ2v) is 6.62. The Morgan fingerprint density at radius 2 is 1.97 bits per heavy atom. The molecule has 2 heterocycles. The third kappa shape index (κ3) is 8.14. The molecule has 0 unspecified atom stereocenters. The van der Waals surface area contributed by atoms with Crippen LogP contribution in [-0.4, -0.2) is 68.5 Å². The summed E-state index contributed by atoms with van der Waals surface area (Å²) >= 11 is 0. The van der Waals surface area contributed by atoms with Gasteiger partial charge in [0.2, 0.25) is 5.95 Å². The van der Waals surface area contributed by atoms with Crippen molar-refractivity contribution in [1.82, 2.24) is 24.8 Å². The highest BCUT2D eigenvalue weighted by Gasteiger charge is 2.38. The van der Waals surface area contributed by atoms with Crippen molar-refractivity contribution in [3.63, 3.8) is 0 Å². The summed E-state index contributed by atoms with van der Waals surface area (Å²) in [5.41, 5.74) is 5.65. The largest absolute Gasteiger partial charge is 0.490 e. The molecule has 0 amide bonds. The quantitative estimate of drug-likeness (QED) is 0.301. The van der Waals surface area contributed by atoms with Crippen molar-refractivity contribution in [3.05, 3.63) is 16.7 Å². The number of imidazole rings is 1. The normalized spacial score (nSPS) is 12.3. The predicted octanol–water partition coefficient (Wildman–Crippen LogP) is 0.487. The number of carboxylic acid groups (broad SMARTS) is 1. The minimum atomic E-state index is -5.08. The number of likely N-dealkylation sites (N-methyl/N-ethyl adjacent to an activating group) is 1. The third-order valence-corrected chi connectivity index (χ3v) is 3.78. The number of halogens is 3. The van der Waals surface area contributed by atoms with Gasteiger partial charge in [0.15, 0.2) is 11.2 Å². The topological polar surface area (TPSA) is 174 Å². The number of nitrogens with one attached hydrogen (secondary N) is 2. The Balaban J connectivity index is 0.000000633. The lowest BCUT2D eigenvalue weighted by molar-refractivity contribution is -0.192. The van der Waals surface area contributed by atoms with Crippen molar-refractivity contribution in [3.8, 4) is 0 Å². The number of anilines is 1. The van der Waals surface area contributed by atoms with Gasteiger partial charge in [-0.2, -0.15) is 18.2 Å². The number of nitrogen functional groups attached to an aromatic ring is 1. The van der Waals surface area contributed by atoms with E-state index in [1.54, 1.807) is 4.57 Å². The van der Waals surface area contributed by atoms with E-state index in [1.807, 2.05) is 20.8 Å². The number of hydrogen-bond acceptors (Lipinski definition) is 9. The van der Waals surface area contributed by atoms with Crippen LogP contribution in [0.3, 0.4) is 0 Å². The van der Waals surface area contributed by atoms with E-state index >= 15 is 0 Å². The number of nitrogens with two attached hydrogens (primary N) is 1. The van der Waals surface area contributed by atoms with Crippen LogP contribution in [0.4, 0.5) is 19.1 Å². The highest BCUT2D eigenvalue weighted by atomic mass is 19.4. The van der Waals surface area contributed by atoms with E-state index in [2.05, 4.69) is 20.3 Å². The molecule has 180 valence electrons. The molecule has 32 heavy (non-hydrogen) atoms. The standard InChI is InChI=1S/C15H24N6O4.C2HF3O2/c1-4-17-10(9(2)3)14(23)25-6-5-24-8-21-7-18-11-12(21)19-15(16)20-13(11)22;3-2(4,5)1(6)7/h7,9-10,17H,4-6,8H2,1-3H3,(H3,16,19,20,22);(H,6,7)/t10-;/m0./s1. The minimum Gasteiger partial charge on any atom is -0.475 e. The third-order valence-electron chi connectivity index (χ3n) is 3.78. The van der Waals surface area contributed by atoms with Crippen LogP contribution in [0.15, 0.2) is 11.1 Å². The van der Waals surface area contributed by atoms with Gasteiger partial charge in [-0.1, -0.05) is 20.8 Å². The summed E-state index contributed by atoms with van der Waals surface area (Å²) in [6.07, 6.45) is -3.64. The fraction of sp³-hybridized carbons (Fsp3) is 0.588. The molecule has 0 spiro atoms. The molecule has 0 saturated carbocycles. The van der Waals surface area contributed by atoms with Crippen LogP contribution in [0.2, 0.25) is 0 Å². The van der Waals surface area contributed by atoms with Crippen molar-refractivity contribution in [2.75, 3.05) is 25.5 Å². The first kappa shape index (κ1) is 26.8. The number of esters is 1. The summed E-state index contributed by atoms with van der Waals surface area (Å²) in [5, 5.41) is 10.2. The number of alkyl halides is 3. The lowest BCUT2D eigenvalue weighted by Crippen LogP contribution is -2.42. The Morgan fingerprint density at radius 1 is 1.34 bits per heavy atom. The maximum absolute atomic E-state index is 12.0. The van der Waals surface area contributed by atoms with Gasteiger partial charge in [-0.25, -0.2) is 9.78 Å². The van der Waals surface area contributed by atoms with Crippen molar-refractivity contribution >= 4 is 29.1 Å². The lowest BCUT2D eigenvalue weighted by atomic mass is 10.1. The summed E-state index contributed by atoms with van der Waals surface area (Å²) in [4.78, 5) is 43.0.